The molecule has 0 bridgehead atoms. The second-order valence-corrected chi connectivity index (χ2v) is 6.58. The largest absolute Gasteiger partial charge is 0.381 e. The summed E-state index contributed by atoms with van der Waals surface area (Å²) < 4.78 is 5.35. The topological polar surface area (TPSA) is 53.6 Å². The number of rotatable bonds is 4. The molecule has 1 aliphatic carbocycles. The van der Waals surface area contributed by atoms with Crippen LogP contribution >= 0.6 is 0 Å². The molecule has 1 aliphatic heterocycles. The number of para-hydroxylation sites is 1. The summed E-state index contributed by atoms with van der Waals surface area (Å²) in [7, 11) is 1.74. The van der Waals surface area contributed by atoms with Crippen molar-refractivity contribution in [2.24, 2.45) is 0 Å². The van der Waals surface area contributed by atoms with Crippen LogP contribution in [-0.2, 0) is 4.74 Å². The summed E-state index contributed by atoms with van der Waals surface area (Å²) in [6.45, 7) is 1.98. The number of anilines is 1. The fourth-order valence-electron chi connectivity index (χ4n) is 3.62. The molecule has 1 saturated carbocycles. The van der Waals surface area contributed by atoms with E-state index in [1.165, 1.54) is 5.69 Å². The predicted molar refractivity (Wildman–Crippen MR) is 91.8 cm³/mol. The summed E-state index contributed by atoms with van der Waals surface area (Å²) in [5.41, 5.74) is 1.27. The van der Waals surface area contributed by atoms with Crippen LogP contribution in [0.2, 0.25) is 0 Å². The van der Waals surface area contributed by atoms with Crippen molar-refractivity contribution < 1.29 is 9.53 Å². The Bertz CT molecular complexity index is 500. The smallest absolute Gasteiger partial charge is 0.315 e. The molecule has 2 amide bonds. The maximum Gasteiger partial charge on any atom is 0.315 e. The molecular formula is C18H27N3O2. The lowest BCUT2D eigenvalue weighted by Crippen LogP contribution is -2.49. The van der Waals surface area contributed by atoms with Crippen LogP contribution in [0.3, 0.4) is 0 Å². The standard InChI is InChI=1S/C18H27N3O2/c1-23-17-8-7-15(13-17)20-18(22)19-14-9-11-21(12-10-14)16-5-3-2-4-6-16/h2-6,14-15,17H,7-13H2,1H3,(H2,19,20,22)/t15-,17-/m0/s1. The van der Waals surface area contributed by atoms with E-state index >= 15 is 0 Å². The zero-order valence-electron chi connectivity index (χ0n) is 13.8. The molecule has 1 aromatic carbocycles. The van der Waals surface area contributed by atoms with Gasteiger partial charge in [0.1, 0.15) is 0 Å². The number of nitrogens with zero attached hydrogens (tertiary/aromatic N) is 1. The zero-order chi connectivity index (χ0) is 16.1. The van der Waals surface area contributed by atoms with E-state index in [0.29, 0.717) is 6.10 Å². The van der Waals surface area contributed by atoms with E-state index in [0.717, 1.165) is 45.2 Å². The minimum absolute atomic E-state index is 0.0232. The lowest BCUT2D eigenvalue weighted by atomic mass is 10.0. The number of benzene rings is 1. The minimum atomic E-state index is -0.0232. The number of ether oxygens (including phenoxy) is 1. The van der Waals surface area contributed by atoms with Crippen molar-refractivity contribution in [3.05, 3.63) is 30.3 Å². The third kappa shape index (κ3) is 4.38. The van der Waals surface area contributed by atoms with Crippen molar-refractivity contribution in [3.63, 3.8) is 0 Å². The number of urea groups is 1. The zero-order valence-corrected chi connectivity index (χ0v) is 13.8. The van der Waals surface area contributed by atoms with Gasteiger partial charge >= 0.3 is 6.03 Å². The first-order valence-corrected chi connectivity index (χ1v) is 8.64. The van der Waals surface area contributed by atoms with E-state index in [-0.39, 0.29) is 18.1 Å². The first kappa shape index (κ1) is 16.1. The van der Waals surface area contributed by atoms with E-state index in [4.69, 9.17) is 4.74 Å². The van der Waals surface area contributed by atoms with Gasteiger partial charge in [0, 0.05) is 38.0 Å². The van der Waals surface area contributed by atoms with Crippen LogP contribution in [0.4, 0.5) is 10.5 Å². The first-order valence-electron chi connectivity index (χ1n) is 8.64. The lowest BCUT2D eigenvalue weighted by Gasteiger charge is -2.34. The number of carbonyl (C=O) groups excluding carboxylic acids is 1. The van der Waals surface area contributed by atoms with Gasteiger partial charge in [-0.1, -0.05) is 18.2 Å². The molecule has 1 saturated heterocycles. The second kappa shape index (κ2) is 7.68. The van der Waals surface area contributed by atoms with Gasteiger partial charge in [0.25, 0.3) is 0 Å². The molecule has 5 heteroatoms. The van der Waals surface area contributed by atoms with E-state index < -0.39 is 0 Å². The number of carbonyl (C=O) groups is 1. The average Bonchev–Trinajstić information content (AvgIpc) is 3.04. The van der Waals surface area contributed by atoms with Crippen molar-refractivity contribution in [1.82, 2.24) is 10.6 Å². The number of piperidine rings is 1. The molecular weight excluding hydrogens is 290 g/mol. The van der Waals surface area contributed by atoms with Crippen LogP contribution in [0.1, 0.15) is 32.1 Å². The molecule has 0 radical (unpaired) electrons. The third-order valence-corrected chi connectivity index (χ3v) is 5.00. The highest BCUT2D eigenvalue weighted by atomic mass is 16.5. The van der Waals surface area contributed by atoms with E-state index in [2.05, 4.69) is 39.8 Å². The van der Waals surface area contributed by atoms with Gasteiger partial charge in [-0.15, -0.1) is 0 Å². The average molecular weight is 317 g/mol. The quantitative estimate of drug-likeness (QED) is 0.897. The lowest BCUT2D eigenvalue weighted by molar-refractivity contribution is 0.107. The second-order valence-electron chi connectivity index (χ2n) is 6.58. The Balaban J connectivity index is 1.39. The predicted octanol–water partition coefficient (Wildman–Crippen LogP) is 2.52. The monoisotopic (exact) mass is 317 g/mol. The van der Waals surface area contributed by atoms with Crippen LogP contribution in [-0.4, -0.2) is 44.4 Å². The van der Waals surface area contributed by atoms with Gasteiger partial charge in [0.05, 0.1) is 6.10 Å². The number of hydrogen-bond donors (Lipinski definition) is 2. The van der Waals surface area contributed by atoms with Gasteiger partial charge in [0.2, 0.25) is 0 Å². The van der Waals surface area contributed by atoms with E-state index in [1.807, 2.05) is 6.07 Å². The van der Waals surface area contributed by atoms with E-state index in [9.17, 15) is 4.79 Å². The van der Waals surface area contributed by atoms with Gasteiger partial charge in [-0.3, -0.25) is 0 Å². The van der Waals surface area contributed by atoms with Crippen LogP contribution in [0.15, 0.2) is 30.3 Å². The summed E-state index contributed by atoms with van der Waals surface area (Å²) in [5, 5.41) is 6.22. The molecule has 2 atom stereocenters. The molecule has 2 aliphatic rings. The highest BCUT2D eigenvalue weighted by Crippen LogP contribution is 2.22. The Morgan fingerprint density at radius 3 is 2.39 bits per heavy atom. The number of hydrogen-bond acceptors (Lipinski definition) is 3. The molecule has 23 heavy (non-hydrogen) atoms. The summed E-state index contributed by atoms with van der Waals surface area (Å²) in [5.74, 6) is 0. The molecule has 1 heterocycles. The number of methoxy groups -OCH3 is 1. The molecule has 2 N–H and O–H groups in total. The Hall–Kier alpha value is -1.75. The molecule has 0 spiro atoms. The van der Waals surface area contributed by atoms with Gasteiger partial charge in [0.15, 0.2) is 0 Å². The SMILES string of the molecule is CO[C@H]1CC[C@H](NC(=O)NC2CCN(c3ccccc3)CC2)C1. The van der Waals surface area contributed by atoms with Crippen LogP contribution in [0.25, 0.3) is 0 Å². The Labute approximate surface area is 138 Å². The molecule has 126 valence electrons. The maximum absolute atomic E-state index is 12.1. The van der Waals surface area contributed by atoms with Crippen molar-refractivity contribution in [3.8, 4) is 0 Å². The van der Waals surface area contributed by atoms with Crippen LogP contribution in [0, 0.1) is 0 Å². The summed E-state index contributed by atoms with van der Waals surface area (Å²) >= 11 is 0. The minimum Gasteiger partial charge on any atom is -0.381 e. The molecule has 3 rings (SSSR count). The summed E-state index contributed by atoms with van der Waals surface area (Å²) in [6.07, 6.45) is 5.27. The van der Waals surface area contributed by atoms with Crippen LogP contribution in [0.5, 0.6) is 0 Å². The summed E-state index contributed by atoms with van der Waals surface area (Å²) in [6, 6.07) is 11.0. The highest BCUT2D eigenvalue weighted by Gasteiger charge is 2.27. The Morgan fingerprint density at radius 1 is 1.04 bits per heavy atom. The molecule has 0 aromatic heterocycles. The van der Waals surface area contributed by atoms with Gasteiger partial charge in [-0.05, 0) is 44.2 Å². The fourth-order valence-corrected chi connectivity index (χ4v) is 3.62. The first-order chi connectivity index (χ1) is 11.2. The van der Waals surface area contributed by atoms with Gasteiger partial charge in [-0.2, -0.15) is 0 Å². The van der Waals surface area contributed by atoms with Crippen molar-refractivity contribution in [1.29, 1.82) is 0 Å². The number of amides is 2. The van der Waals surface area contributed by atoms with E-state index in [1.54, 1.807) is 7.11 Å². The van der Waals surface area contributed by atoms with Gasteiger partial charge < -0.3 is 20.3 Å². The molecule has 1 aromatic rings. The Morgan fingerprint density at radius 2 is 1.74 bits per heavy atom. The van der Waals surface area contributed by atoms with Crippen LogP contribution < -0.4 is 15.5 Å². The summed E-state index contributed by atoms with van der Waals surface area (Å²) in [4.78, 5) is 14.5. The molecule has 0 unspecified atom stereocenters. The van der Waals surface area contributed by atoms with Gasteiger partial charge in [-0.25, -0.2) is 4.79 Å². The van der Waals surface area contributed by atoms with Crippen molar-refractivity contribution in [2.45, 2.75) is 50.3 Å². The number of nitrogens with one attached hydrogen (secondary N) is 2. The van der Waals surface area contributed by atoms with Crippen molar-refractivity contribution >= 4 is 11.7 Å². The molecule has 2 fully saturated rings. The molecule has 5 nitrogen and oxygen atoms in total. The third-order valence-electron chi connectivity index (χ3n) is 5.00. The highest BCUT2D eigenvalue weighted by molar-refractivity contribution is 5.74. The maximum atomic E-state index is 12.1. The Kier molecular flexibility index (Phi) is 5.39. The normalized spacial score (nSPS) is 25.3. The fraction of sp³-hybridized carbons (Fsp3) is 0.611. The van der Waals surface area contributed by atoms with Crippen molar-refractivity contribution in [2.75, 3.05) is 25.1 Å².